The lowest BCUT2D eigenvalue weighted by molar-refractivity contribution is -0.126. The van der Waals surface area contributed by atoms with Crippen LogP contribution in [0.4, 0.5) is 0 Å². The molecule has 0 atom stereocenters. The first-order valence-electron chi connectivity index (χ1n) is 5.35. The van der Waals surface area contributed by atoms with Gasteiger partial charge in [0.25, 0.3) is 0 Å². The predicted octanol–water partition coefficient (Wildman–Crippen LogP) is 0.107. The van der Waals surface area contributed by atoms with Gasteiger partial charge in [0, 0.05) is 24.1 Å². The Morgan fingerprint density at radius 1 is 1.19 bits per heavy atom. The zero-order valence-electron chi connectivity index (χ0n) is 9.02. The summed E-state index contributed by atoms with van der Waals surface area (Å²) < 4.78 is 0. The highest BCUT2D eigenvalue weighted by Crippen LogP contribution is 2.27. The van der Waals surface area contributed by atoms with Crippen molar-refractivity contribution in [1.29, 1.82) is 0 Å². The summed E-state index contributed by atoms with van der Waals surface area (Å²) in [4.78, 5) is 32.5. The summed E-state index contributed by atoms with van der Waals surface area (Å²) in [6, 6.07) is 0. The first-order valence-corrected chi connectivity index (χ1v) is 5.35. The number of carbonyl (C=O) groups is 3. The molecule has 0 saturated heterocycles. The van der Waals surface area contributed by atoms with E-state index in [0.717, 1.165) is 38.0 Å². The molecule has 1 aliphatic carbocycles. The van der Waals surface area contributed by atoms with E-state index in [9.17, 15) is 14.4 Å². The van der Waals surface area contributed by atoms with Crippen molar-refractivity contribution >= 4 is 18.1 Å². The van der Waals surface area contributed by atoms with Crippen LogP contribution in [0.2, 0.25) is 0 Å². The minimum atomic E-state index is -0.593. The number of nitrogens with two attached hydrogens (primary N) is 1. The molecule has 1 saturated carbocycles. The largest absolute Gasteiger partial charge is 0.366 e. The topological polar surface area (TPSA) is 89.3 Å². The van der Waals surface area contributed by atoms with Gasteiger partial charge in [-0.05, 0) is 25.7 Å². The van der Waals surface area contributed by atoms with Gasteiger partial charge in [0.2, 0.25) is 11.8 Å². The SMILES string of the molecule is NC(=O)/C=C\NC(=O)C1CCC(C=O)CC1. The minimum Gasteiger partial charge on any atom is -0.366 e. The van der Waals surface area contributed by atoms with Gasteiger partial charge in [-0.15, -0.1) is 0 Å². The highest BCUT2D eigenvalue weighted by molar-refractivity contribution is 5.87. The van der Waals surface area contributed by atoms with Gasteiger partial charge in [-0.3, -0.25) is 9.59 Å². The van der Waals surface area contributed by atoms with E-state index in [1.165, 1.54) is 6.20 Å². The molecule has 88 valence electrons. The molecule has 0 spiro atoms. The van der Waals surface area contributed by atoms with Crippen molar-refractivity contribution in [2.45, 2.75) is 25.7 Å². The second-order valence-electron chi connectivity index (χ2n) is 3.99. The maximum Gasteiger partial charge on any atom is 0.242 e. The Morgan fingerprint density at radius 2 is 1.81 bits per heavy atom. The average molecular weight is 224 g/mol. The first kappa shape index (κ1) is 12.4. The van der Waals surface area contributed by atoms with Gasteiger partial charge in [0.05, 0.1) is 0 Å². The molecule has 16 heavy (non-hydrogen) atoms. The molecule has 0 bridgehead atoms. The minimum absolute atomic E-state index is 0.0614. The molecule has 5 nitrogen and oxygen atoms in total. The summed E-state index contributed by atoms with van der Waals surface area (Å²) in [7, 11) is 0. The van der Waals surface area contributed by atoms with Crippen LogP contribution in [0.25, 0.3) is 0 Å². The summed E-state index contributed by atoms with van der Waals surface area (Å²) in [6.07, 6.45) is 6.30. The third-order valence-corrected chi connectivity index (χ3v) is 2.81. The molecule has 5 heteroatoms. The second-order valence-corrected chi connectivity index (χ2v) is 3.99. The summed E-state index contributed by atoms with van der Waals surface area (Å²) in [6.45, 7) is 0. The fourth-order valence-corrected chi connectivity index (χ4v) is 1.84. The Balaban J connectivity index is 2.33. The van der Waals surface area contributed by atoms with Gasteiger partial charge in [0.1, 0.15) is 6.29 Å². The number of primary amides is 1. The van der Waals surface area contributed by atoms with Gasteiger partial charge in [0.15, 0.2) is 0 Å². The molecule has 3 N–H and O–H groups in total. The number of hydrogen-bond acceptors (Lipinski definition) is 3. The van der Waals surface area contributed by atoms with Gasteiger partial charge in [-0.25, -0.2) is 0 Å². The Kier molecular flexibility index (Phi) is 4.69. The van der Waals surface area contributed by atoms with E-state index >= 15 is 0 Å². The van der Waals surface area contributed by atoms with Gasteiger partial charge >= 0.3 is 0 Å². The van der Waals surface area contributed by atoms with E-state index < -0.39 is 5.91 Å². The number of nitrogens with one attached hydrogen (secondary N) is 1. The second kappa shape index (κ2) is 6.05. The van der Waals surface area contributed by atoms with Crippen LogP contribution in [0.5, 0.6) is 0 Å². The molecule has 0 heterocycles. The Hall–Kier alpha value is -1.65. The third-order valence-electron chi connectivity index (χ3n) is 2.81. The lowest BCUT2D eigenvalue weighted by Gasteiger charge is -2.23. The molecule has 0 aromatic carbocycles. The number of aldehydes is 1. The van der Waals surface area contributed by atoms with Crippen LogP contribution >= 0.6 is 0 Å². The van der Waals surface area contributed by atoms with E-state index in [2.05, 4.69) is 5.32 Å². The van der Waals surface area contributed by atoms with Crippen LogP contribution in [0, 0.1) is 11.8 Å². The Labute approximate surface area is 94.1 Å². The molecule has 1 rings (SSSR count). The van der Waals surface area contributed by atoms with Crippen molar-refractivity contribution in [2.24, 2.45) is 17.6 Å². The quantitative estimate of drug-likeness (QED) is 0.524. The zero-order chi connectivity index (χ0) is 12.0. The van der Waals surface area contributed by atoms with Crippen molar-refractivity contribution in [3.05, 3.63) is 12.3 Å². The number of amides is 2. The number of hydrogen-bond donors (Lipinski definition) is 2. The molecule has 1 fully saturated rings. The van der Waals surface area contributed by atoms with E-state index in [1.54, 1.807) is 0 Å². The summed E-state index contributed by atoms with van der Waals surface area (Å²) in [5, 5.41) is 2.51. The summed E-state index contributed by atoms with van der Waals surface area (Å²) in [5.41, 5.74) is 4.88. The van der Waals surface area contributed by atoms with Crippen LogP contribution < -0.4 is 11.1 Å². The molecular formula is C11H16N2O3. The molecular weight excluding hydrogens is 208 g/mol. The van der Waals surface area contributed by atoms with E-state index in [4.69, 9.17) is 5.73 Å². The van der Waals surface area contributed by atoms with Crippen molar-refractivity contribution < 1.29 is 14.4 Å². The maximum absolute atomic E-state index is 11.6. The first-order chi connectivity index (χ1) is 7.63. The van der Waals surface area contributed by atoms with Crippen molar-refractivity contribution in [3.8, 4) is 0 Å². The number of rotatable bonds is 4. The summed E-state index contributed by atoms with van der Waals surface area (Å²) in [5.74, 6) is -0.661. The fourth-order valence-electron chi connectivity index (χ4n) is 1.84. The third kappa shape index (κ3) is 3.84. The van der Waals surface area contributed by atoms with Gasteiger partial charge in [-0.2, -0.15) is 0 Å². The van der Waals surface area contributed by atoms with E-state index in [1.807, 2.05) is 0 Å². The molecule has 1 aliphatic rings. The molecule has 0 unspecified atom stereocenters. The Morgan fingerprint density at radius 3 is 2.31 bits per heavy atom. The predicted molar refractivity (Wildman–Crippen MR) is 58.0 cm³/mol. The van der Waals surface area contributed by atoms with Crippen LogP contribution in [0.1, 0.15) is 25.7 Å². The van der Waals surface area contributed by atoms with Crippen molar-refractivity contribution in [3.63, 3.8) is 0 Å². The van der Waals surface area contributed by atoms with Gasteiger partial charge < -0.3 is 15.8 Å². The monoisotopic (exact) mass is 224 g/mol. The molecule has 0 aromatic heterocycles. The zero-order valence-corrected chi connectivity index (χ0v) is 9.02. The summed E-state index contributed by atoms with van der Waals surface area (Å²) >= 11 is 0. The Bertz CT molecular complexity index is 304. The van der Waals surface area contributed by atoms with Crippen molar-refractivity contribution in [1.82, 2.24) is 5.32 Å². The molecule has 0 radical (unpaired) electrons. The van der Waals surface area contributed by atoms with Crippen LogP contribution in [-0.4, -0.2) is 18.1 Å². The van der Waals surface area contributed by atoms with E-state index in [-0.39, 0.29) is 17.7 Å². The smallest absolute Gasteiger partial charge is 0.242 e. The fraction of sp³-hybridized carbons (Fsp3) is 0.545. The highest BCUT2D eigenvalue weighted by atomic mass is 16.2. The van der Waals surface area contributed by atoms with E-state index in [0.29, 0.717) is 0 Å². The van der Waals surface area contributed by atoms with Gasteiger partial charge in [-0.1, -0.05) is 0 Å². The van der Waals surface area contributed by atoms with Crippen LogP contribution in [-0.2, 0) is 14.4 Å². The normalized spacial score (nSPS) is 25.2. The standard InChI is InChI=1S/C11H16N2O3/c12-10(15)5-6-13-11(16)9-3-1-8(7-14)2-4-9/h5-9H,1-4H2,(H2,12,15)(H,13,16)/b6-5-. The lowest BCUT2D eigenvalue weighted by Crippen LogP contribution is -2.30. The van der Waals surface area contributed by atoms with Crippen molar-refractivity contribution in [2.75, 3.05) is 0 Å². The lowest BCUT2D eigenvalue weighted by atomic mass is 9.82. The average Bonchev–Trinajstić information content (AvgIpc) is 2.28. The number of carbonyl (C=O) groups excluding carboxylic acids is 3. The maximum atomic E-state index is 11.6. The molecule has 0 aliphatic heterocycles. The van der Waals surface area contributed by atoms with Crippen LogP contribution in [0.3, 0.4) is 0 Å². The molecule has 2 amide bonds. The van der Waals surface area contributed by atoms with Crippen LogP contribution in [0.15, 0.2) is 12.3 Å². The highest BCUT2D eigenvalue weighted by Gasteiger charge is 2.25. The molecule has 0 aromatic rings.